The minimum atomic E-state index is -0.821. The van der Waals surface area contributed by atoms with Crippen molar-refractivity contribution in [2.24, 2.45) is 4.99 Å². The molecule has 1 atom stereocenters. The van der Waals surface area contributed by atoms with Crippen molar-refractivity contribution in [2.45, 2.75) is 26.8 Å². The summed E-state index contributed by atoms with van der Waals surface area (Å²) in [7, 11) is 0. The minimum Gasteiger partial charge on any atom is -0.480 e. The third-order valence-corrected chi connectivity index (χ3v) is 8.27. The van der Waals surface area contributed by atoms with Gasteiger partial charge in [0.1, 0.15) is 11.8 Å². The van der Waals surface area contributed by atoms with Crippen LogP contribution in [0, 0.1) is 3.57 Å². The van der Waals surface area contributed by atoms with Gasteiger partial charge in [-0.1, -0.05) is 57.1 Å². The Morgan fingerprint density at radius 1 is 1.21 bits per heavy atom. The van der Waals surface area contributed by atoms with Gasteiger partial charge in [-0.3, -0.25) is 9.36 Å². The van der Waals surface area contributed by atoms with E-state index in [4.69, 9.17) is 25.8 Å². The average Bonchev–Trinajstić information content (AvgIpc) is 3.17. The zero-order valence-electron chi connectivity index (χ0n) is 21.1. The molecule has 204 valence electrons. The largest absolute Gasteiger partial charge is 0.480 e. The van der Waals surface area contributed by atoms with E-state index < -0.39 is 18.0 Å². The first-order valence-corrected chi connectivity index (χ1v) is 14.9. The highest BCUT2D eigenvalue weighted by molar-refractivity contribution is 14.1. The second kappa shape index (κ2) is 12.8. The van der Waals surface area contributed by atoms with Gasteiger partial charge in [-0.05, 0) is 73.2 Å². The van der Waals surface area contributed by atoms with Gasteiger partial charge in [0.2, 0.25) is 0 Å². The number of hydrogen-bond donors (Lipinski definition) is 0. The van der Waals surface area contributed by atoms with E-state index in [1.807, 2.05) is 6.07 Å². The van der Waals surface area contributed by atoms with Gasteiger partial charge in [-0.2, -0.15) is 0 Å². The lowest BCUT2D eigenvalue weighted by atomic mass is 9.96. The number of fused-ring (bicyclic) bond motifs is 1. The van der Waals surface area contributed by atoms with Crippen LogP contribution in [0.2, 0.25) is 5.02 Å². The molecule has 0 aliphatic carbocycles. The molecule has 0 saturated carbocycles. The predicted molar refractivity (Wildman–Crippen MR) is 161 cm³/mol. The van der Waals surface area contributed by atoms with Gasteiger partial charge < -0.3 is 14.2 Å². The topological polar surface area (TPSA) is 96.2 Å². The third kappa shape index (κ3) is 6.31. The van der Waals surface area contributed by atoms with Crippen molar-refractivity contribution in [1.82, 2.24) is 4.57 Å². The number of thiazole rings is 1. The highest BCUT2D eigenvalue weighted by atomic mass is 127. The molecule has 0 radical (unpaired) electrons. The summed E-state index contributed by atoms with van der Waals surface area (Å²) >= 11 is 13.3. The highest BCUT2D eigenvalue weighted by Crippen LogP contribution is 2.35. The number of rotatable bonds is 8. The SMILES string of the molecule is CCOC(=O)COc1c(I)cc(Br)cc1/C=c1\sc2n(c1=O)[C@@H](c1ccccc1Cl)C(C(=O)OCC)=C(C)N=2. The van der Waals surface area contributed by atoms with E-state index in [2.05, 4.69) is 43.5 Å². The Labute approximate surface area is 255 Å². The Morgan fingerprint density at radius 2 is 1.92 bits per heavy atom. The lowest BCUT2D eigenvalue weighted by molar-refractivity contribution is -0.145. The molecule has 0 spiro atoms. The summed E-state index contributed by atoms with van der Waals surface area (Å²) in [4.78, 5) is 43.9. The van der Waals surface area contributed by atoms with Gasteiger partial charge in [0, 0.05) is 15.1 Å². The van der Waals surface area contributed by atoms with Gasteiger partial charge in [0.25, 0.3) is 5.56 Å². The summed E-state index contributed by atoms with van der Waals surface area (Å²) < 4.78 is 19.4. The maximum atomic E-state index is 13.9. The lowest BCUT2D eigenvalue weighted by Crippen LogP contribution is -2.40. The van der Waals surface area contributed by atoms with Crippen molar-refractivity contribution in [3.63, 3.8) is 0 Å². The van der Waals surface area contributed by atoms with Crippen molar-refractivity contribution in [3.8, 4) is 5.75 Å². The number of nitrogens with zero attached hydrogens (tertiary/aromatic N) is 2. The van der Waals surface area contributed by atoms with Crippen LogP contribution in [0.4, 0.5) is 0 Å². The van der Waals surface area contributed by atoms with Crippen LogP contribution in [0.3, 0.4) is 0 Å². The van der Waals surface area contributed by atoms with E-state index in [0.717, 1.165) is 8.04 Å². The first-order chi connectivity index (χ1) is 18.7. The van der Waals surface area contributed by atoms with Crippen LogP contribution in [0.25, 0.3) is 6.08 Å². The maximum absolute atomic E-state index is 13.9. The molecule has 1 aliphatic heterocycles. The van der Waals surface area contributed by atoms with Crippen LogP contribution in [0.5, 0.6) is 5.75 Å². The molecule has 39 heavy (non-hydrogen) atoms. The number of allylic oxidation sites excluding steroid dienone is 1. The summed E-state index contributed by atoms with van der Waals surface area (Å²) in [5.74, 6) is -0.624. The molecule has 3 aromatic rings. The lowest BCUT2D eigenvalue weighted by Gasteiger charge is -2.25. The fourth-order valence-electron chi connectivity index (χ4n) is 4.10. The first-order valence-electron chi connectivity index (χ1n) is 11.9. The van der Waals surface area contributed by atoms with Crippen LogP contribution in [0.15, 0.2) is 61.9 Å². The zero-order valence-corrected chi connectivity index (χ0v) is 26.4. The second-order valence-electron chi connectivity index (χ2n) is 8.22. The molecule has 1 aliphatic rings. The number of ether oxygens (including phenoxy) is 3. The van der Waals surface area contributed by atoms with Crippen LogP contribution < -0.4 is 19.6 Å². The van der Waals surface area contributed by atoms with E-state index in [9.17, 15) is 14.4 Å². The smallest absolute Gasteiger partial charge is 0.344 e. The van der Waals surface area contributed by atoms with E-state index in [1.54, 1.807) is 57.2 Å². The van der Waals surface area contributed by atoms with E-state index >= 15 is 0 Å². The van der Waals surface area contributed by atoms with Crippen LogP contribution in [-0.4, -0.2) is 36.3 Å². The zero-order chi connectivity index (χ0) is 28.3. The summed E-state index contributed by atoms with van der Waals surface area (Å²) in [6, 6.07) is 9.88. The van der Waals surface area contributed by atoms with E-state index in [1.165, 1.54) is 15.9 Å². The van der Waals surface area contributed by atoms with Crippen molar-refractivity contribution >= 4 is 79.5 Å². The first kappa shape index (κ1) is 29.5. The van der Waals surface area contributed by atoms with Crippen molar-refractivity contribution in [3.05, 3.63) is 91.5 Å². The minimum absolute atomic E-state index is 0.172. The molecule has 0 saturated heterocycles. The fraction of sp³-hybridized carbons (Fsp3) is 0.259. The molecule has 0 fully saturated rings. The van der Waals surface area contributed by atoms with Crippen LogP contribution in [-0.2, 0) is 19.1 Å². The Kier molecular flexibility index (Phi) is 9.68. The summed E-state index contributed by atoms with van der Waals surface area (Å²) in [5.41, 5.74) is 1.50. The predicted octanol–water partition coefficient (Wildman–Crippen LogP) is 4.76. The molecule has 0 N–H and O–H groups in total. The van der Waals surface area contributed by atoms with Crippen molar-refractivity contribution in [1.29, 1.82) is 0 Å². The van der Waals surface area contributed by atoms with Gasteiger partial charge in [-0.15, -0.1) is 0 Å². The fourth-order valence-corrected chi connectivity index (χ4v) is 7.08. The van der Waals surface area contributed by atoms with E-state index in [-0.39, 0.29) is 31.0 Å². The Hall–Kier alpha value is -2.48. The molecule has 1 aromatic heterocycles. The number of esters is 2. The highest BCUT2D eigenvalue weighted by Gasteiger charge is 2.34. The van der Waals surface area contributed by atoms with Crippen molar-refractivity contribution in [2.75, 3.05) is 19.8 Å². The molecule has 0 amide bonds. The molecular formula is C27H23BrClIN2O6S. The monoisotopic (exact) mass is 744 g/mol. The molecule has 0 bridgehead atoms. The Balaban J connectivity index is 1.91. The van der Waals surface area contributed by atoms with Gasteiger partial charge in [-0.25, -0.2) is 14.6 Å². The van der Waals surface area contributed by atoms with Gasteiger partial charge in [0.15, 0.2) is 11.4 Å². The van der Waals surface area contributed by atoms with Crippen LogP contribution in [0.1, 0.15) is 37.9 Å². The van der Waals surface area contributed by atoms with Crippen LogP contribution >= 0.6 is 61.5 Å². The summed E-state index contributed by atoms with van der Waals surface area (Å²) in [5, 5.41) is 0.407. The molecule has 2 aromatic carbocycles. The molecule has 4 rings (SSSR count). The van der Waals surface area contributed by atoms with Gasteiger partial charge in [0.05, 0.1) is 32.6 Å². The molecular weight excluding hydrogens is 723 g/mol. The van der Waals surface area contributed by atoms with E-state index in [0.29, 0.717) is 36.9 Å². The van der Waals surface area contributed by atoms with Gasteiger partial charge >= 0.3 is 11.9 Å². The quantitative estimate of drug-likeness (QED) is 0.244. The standard InChI is InChI=1S/C27H23BrClIN2O6S/c1-4-36-21(33)13-38-24-15(10-16(28)12-19(24)30)11-20-25(34)32-23(17-8-6-7-9-18(17)29)22(26(35)37-5-2)14(3)31-27(32)39-20/h6-12,23H,4-5,13H2,1-3H3/b20-11-/t23-/m0/s1. The number of benzene rings is 2. The third-order valence-electron chi connectivity index (χ3n) is 5.68. The maximum Gasteiger partial charge on any atom is 0.344 e. The number of halogens is 3. The molecule has 0 unspecified atom stereocenters. The molecule has 2 heterocycles. The molecule has 12 heteroatoms. The number of hydrogen-bond acceptors (Lipinski definition) is 8. The van der Waals surface area contributed by atoms with Crippen molar-refractivity contribution < 1.29 is 23.8 Å². The number of carbonyl (C=O) groups excluding carboxylic acids is 2. The number of aromatic nitrogens is 1. The normalized spacial score (nSPS) is 15.0. The summed E-state index contributed by atoms with van der Waals surface area (Å²) in [6.07, 6.45) is 1.68. The number of carbonyl (C=O) groups is 2. The Morgan fingerprint density at radius 3 is 2.62 bits per heavy atom. The molecule has 8 nitrogen and oxygen atoms in total. The second-order valence-corrected chi connectivity index (χ2v) is 11.7. The average molecular weight is 746 g/mol. The Bertz CT molecular complexity index is 1670. The summed E-state index contributed by atoms with van der Waals surface area (Å²) in [6.45, 7) is 5.29.